The molecular weight excluding hydrogens is 460 g/mol. The first-order valence-electron chi connectivity index (χ1n) is 12.6. The van der Waals surface area contributed by atoms with Gasteiger partial charge in [-0.1, -0.05) is 42.7 Å². The van der Waals surface area contributed by atoms with Crippen molar-refractivity contribution in [1.29, 1.82) is 0 Å². The van der Waals surface area contributed by atoms with E-state index in [1.807, 2.05) is 52.8 Å². The summed E-state index contributed by atoms with van der Waals surface area (Å²) in [5.41, 5.74) is 7.16. The maximum atomic E-state index is 13.9. The molecule has 202 valence electrons. The second kappa shape index (κ2) is 13.8. The van der Waals surface area contributed by atoms with E-state index in [9.17, 15) is 19.2 Å². The van der Waals surface area contributed by atoms with Crippen molar-refractivity contribution in [3.05, 3.63) is 34.9 Å². The third-order valence-corrected chi connectivity index (χ3v) is 5.40. The molecule has 1 aromatic rings. The molecule has 0 aliphatic heterocycles. The molecular formula is C27H44N4O5. The van der Waals surface area contributed by atoms with Crippen LogP contribution in [0.2, 0.25) is 0 Å². The minimum atomic E-state index is -1.11. The van der Waals surface area contributed by atoms with Crippen LogP contribution >= 0.6 is 0 Å². The number of amides is 4. The highest BCUT2D eigenvalue weighted by molar-refractivity contribution is 5.92. The third-order valence-electron chi connectivity index (χ3n) is 5.40. The Balaban J connectivity index is 3.49. The number of aryl methyl sites for hydroxylation is 2. The number of unbranched alkanes of at least 4 members (excludes halogenated alkanes) is 1. The van der Waals surface area contributed by atoms with Gasteiger partial charge in [-0.3, -0.25) is 14.4 Å². The lowest BCUT2D eigenvalue weighted by Crippen LogP contribution is -2.55. The van der Waals surface area contributed by atoms with E-state index in [0.717, 1.165) is 24.0 Å². The molecule has 0 saturated carbocycles. The maximum Gasteiger partial charge on any atom is 0.408 e. The summed E-state index contributed by atoms with van der Waals surface area (Å²) in [6, 6.07) is 3.35. The fraction of sp³-hybridized carbons (Fsp3) is 0.630. The Morgan fingerprint density at radius 3 is 2.11 bits per heavy atom. The zero-order valence-corrected chi connectivity index (χ0v) is 23.1. The first-order valence-corrected chi connectivity index (χ1v) is 12.6. The van der Waals surface area contributed by atoms with Crippen LogP contribution in [0.5, 0.6) is 0 Å². The van der Waals surface area contributed by atoms with Gasteiger partial charge in [0.2, 0.25) is 17.7 Å². The molecule has 2 unspecified atom stereocenters. The number of nitrogens with zero attached hydrogens (tertiary/aromatic N) is 1. The molecule has 1 aromatic carbocycles. The zero-order chi connectivity index (χ0) is 27.6. The van der Waals surface area contributed by atoms with Crippen LogP contribution in [0.25, 0.3) is 0 Å². The summed E-state index contributed by atoms with van der Waals surface area (Å²) in [7, 11) is 0. The van der Waals surface area contributed by atoms with Crippen LogP contribution in [-0.2, 0) is 19.1 Å². The van der Waals surface area contributed by atoms with Gasteiger partial charge in [0.1, 0.15) is 17.7 Å². The molecule has 4 N–H and O–H groups in total. The van der Waals surface area contributed by atoms with Gasteiger partial charge in [0.05, 0.1) is 0 Å². The second-order valence-corrected chi connectivity index (χ2v) is 10.5. The number of nitrogens with two attached hydrogens (primary N) is 1. The number of benzene rings is 1. The summed E-state index contributed by atoms with van der Waals surface area (Å²) in [4.78, 5) is 53.0. The number of alkyl carbamates (subject to hydrolysis) is 1. The molecule has 9 heteroatoms. The van der Waals surface area contributed by atoms with Gasteiger partial charge in [-0.15, -0.1) is 0 Å². The van der Waals surface area contributed by atoms with Crippen LogP contribution in [0, 0.1) is 13.8 Å². The molecule has 4 amide bonds. The largest absolute Gasteiger partial charge is 0.444 e. The summed E-state index contributed by atoms with van der Waals surface area (Å²) in [6.45, 7) is 15.1. The van der Waals surface area contributed by atoms with Crippen molar-refractivity contribution in [3.63, 3.8) is 0 Å². The molecule has 0 aromatic heterocycles. The highest BCUT2D eigenvalue weighted by atomic mass is 16.6. The Morgan fingerprint density at radius 2 is 1.64 bits per heavy atom. The number of hydrogen-bond acceptors (Lipinski definition) is 5. The van der Waals surface area contributed by atoms with Crippen LogP contribution in [-0.4, -0.2) is 52.9 Å². The lowest BCUT2D eigenvalue weighted by Gasteiger charge is -2.37. The molecule has 0 bridgehead atoms. The van der Waals surface area contributed by atoms with Gasteiger partial charge in [-0.05, 0) is 66.9 Å². The van der Waals surface area contributed by atoms with Gasteiger partial charge in [0.15, 0.2) is 0 Å². The first kappa shape index (κ1) is 30.9. The van der Waals surface area contributed by atoms with E-state index in [0.29, 0.717) is 12.1 Å². The summed E-state index contributed by atoms with van der Waals surface area (Å²) in [5, 5.41) is 5.55. The molecule has 1 rings (SSSR count). The molecule has 0 radical (unpaired) electrons. The SMILES string of the molecule is CCCCNC(=O)C(c1cc(C)cc(C)c1)N(C(=O)C(CCC(N)=O)NC(=O)OC(C)(C)C)C(C)C. The lowest BCUT2D eigenvalue weighted by molar-refractivity contribution is -0.144. The average molecular weight is 505 g/mol. The Labute approximate surface area is 215 Å². The summed E-state index contributed by atoms with van der Waals surface area (Å²) in [6.07, 6.45) is 0.797. The summed E-state index contributed by atoms with van der Waals surface area (Å²) in [5.74, 6) is -1.40. The van der Waals surface area contributed by atoms with Crippen molar-refractivity contribution < 1.29 is 23.9 Å². The van der Waals surface area contributed by atoms with Gasteiger partial charge in [-0.2, -0.15) is 0 Å². The van der Waals surface area contributed by atoms with Gasteiger partial charge >= 0.3 is 6.09 Å². The van der Waals surface area contributed by atoms with E-state index >= 15 is 0 Å². The summed E-state index contributed by atoms with van der Waals surface area (Å²) < 4.78 is 5.34. The fourth-order valence-electron chi connectivity index (χ4n) is 3.94. The van der Waals surface area contributed by atoms with Crippen molar-refractivity contribution in [1.82, 2.24) is 15.5 Å². The predicted molar refractivity (Wildman–Crippen MR) is 140 cm³/mol. The van der Waals surface area contributed by atoms with Crippen molar-refractivity contribution in [2.24, 2.45) is 5.73 Å². The van der Waals surface area contributed by atoms with Gasteiger partial charge in [0, 0.05) is 19.0 Å². The minimum Gasteiger partial charge on any atom is -0.444 e. The van der Waals surface area contributed by atoms with E-state index in [4.69, 9.17) is 10.5 Å². The molecule has 0 spiro atoms. The number of primary amides is 1. The smallest absolute Gasteiger partial charge is 0.408 e. The number of ether oxygens (including phenoxy) is 1. The standard InChI is InChI=1S/C27H44N4O5/c1-9-10-13-29-24(33)23(20-15-18(4)14-19(5)16-20)31(17(2)3)25(34)21(11-12-22(28)32)30-26(35)36-27(6,7)8/h14-17,21,23H,9-13H2,1-8H3,(H2,28,32)(H,29,33)(H,30,35). The maximum absolute atomic E-state index is 13.9. The van der Waals surface area contributed by atoms with Crippen LogP contribution in [0.15, 0.2) is 18.2 Å². The average Bonchev–Trinajstić information content (AvgIpc) is 2.72. The number of rotatable bonds is 12. The van der Waals surface area contributed by atoms with Crippen molar-refractivity contribution in [2.45, 2.75) is 105 Å². The molecule has 0 heterocycles. The van der Waals surface area contributed by atoms with Crippen LogP contribution in [0.4, 0.5) is 4.79 Å². The normalized spacial score (nSPS) is 13.0. The van der Waals surface area contributed by atoms with Crippen molar-refractivity contribution in [3.8, 4) is 0 Å². The Bertz CT molecular complexity index is 903. The highest BCUT2D eigenvalue weighted by Gasteiger charge is 2.38. The van der Waals surface area contributed by atoms with E-state index in [2.05, 4.69) is 10.6 Å². The second-order valence-electron chi connectivity index (χ2n) is 10.5. The van der Waals surface area contributed by atoms with Crippen LogP contribution < -0.4 is 16.4 Å². The number of hydrogen-bond donors (Lipinski definition) is 3. The van der Waals surface area contributed by atoms with E-state index < -0.39 is 41.6 Å². The topological polar surface area (TPSA) is 131 Å². The third kappa shape index (κ3) is 10.3. The van der Waals surface area contributed by atoms with E-state index in [1.165, 1.54) is 4.90 Å². The molecule has 0 fully saturated rings. The number of carbonyl (C=O) groups is 4. The summed E-state index contributed by atoms with van der Waals surface area (Å²) >= 11 is 0. The van der Waals surface area contributed by atoms with Gasteiger partial charge in [0.25, 0.3) is 0 Å². The zero-order valence-electron chi connectivity index (χ0n) is 23.1. The molecule has 9 nitrogen and oxygen atoms in total. The first-order chi connectivity index (χ1) is 16.7. The van der Waals surface area contributed by atoms with Crippen molar-refractivity contribution in [2.75, 3.05) is 6.54 Å². The Morgan fingerprint density at radius 1 is 1.06 bits per heavy atom. The van der Waals surface area contributed by atoms with Crippen LogP contribution in [0.3, 0.4) is 0 Å². The number of nitrogens with one attached hydrogen (secondary N) is 2. The quantitative estimate of drug-likeness (QED) is 0.374. The Hall–Kier alpha value is -3.10. The van der Waals surface area contributed by atoms with Crippen molar-refractivity contribution >= 4 is 23.8 Å². The van der Waals surface area contributed by atoms with E-state index in [1.54, 1.807) is 20.8 Å². The molecule has 36 heavy (non-hydrogen) atoms. The van der Waals surface area contributed by atoms with Gasteiger partial charge < -0.3 is 26.0 Å². The fourth-order valence-corrected chi connectivity index (χ4v) is 3.94. The number of carbonyl (C=O) groups excluding carboxylic acids is 4. The molecule has 0 aliphatic rings. The molecule has 0 aliphatic carbocycles. The van der Waals surface area contributed by atoms with Crippen LogP contribution in [0.1, 0.15) is 90.0 Å². The Kier molecular flexibility index (Phi) is 11.9. The monoisotopic (exact) mass is 504 g/mol. The predicted octanol–water partition coefficient (Wildman–Crippen LogP) is 3.66. The highest BCUT2D eigenvalue weighted by Crippen LogP contribution is 2.27. The molecule has 2 atom stereocenters. The van der Waals surface area contributed by atoms with Gasteiger partial charge in [-0.25, -0.2) is 4.79 Å². The minimum absolute atomic E-state index is 0.0202. The lowest BCUT2D eigenvalue weighted by atomic mass is 9.96. The van der Waals surface area contributed by atoms with E-state index in [-0.39, 0.29) is 18.7 Å². The molecule has 0 saturated heterocycles.